The fraction of sp³-hybridized carbons (Fsp3) is 0.133. The molecular formula is C15H13N3O4. The molecule has 1 amide bonds. The molecule has 0 aliphatic carbocycles. The maximum absolute atomic E-state index is 11.8. The number of carboxylic acid groups (broad SMARTS) is 1. The molecule has 0 saturated heterocycles. The molecule has 2 heterocycles. The molecule has 7 heteroatoms. The number of oxazole rings is 1. The fourth-order valence-corrected chi connectivity index (χ4v) is 2.36. The van der Waals surface area contributed by atoms with Crippen LogP contribution in [0.1, 0.15) is 26.5 Å². The number of carbonyl (C=O) groups is 2. The number of amides is 1. The van der Waals surface area contributed by atoms with Crippen LogP contribution in [0.2, 0.25) is 0 Å². The fourth-order valence-electron chi connectivity index (χ4n) is 2.36. The number of benzene rings is 1. The number of nitrogens with one attached hydrogen (secondary N) is 2. The van der Waals surface area contributed by atoms with Crippen LogP contribution in [0.5, 0.6) is 0 Å². The molecule has 0 aliphatic rings. The number of aromatic nitrogens is 2. The standard InChI is InChI=1S/C15H13N3O4/c19-14(12-7-22-8-17-12)16-6-5-10-9-3-1-2-4-11(9)18-13(10)15(20)21/h1-4,7-8,18H,5-6H2,(H,16,19)(H,20,21). The van der Waals surface area contributed by atoms with Crippen LogP contribution in [0.25, 0.3) is 10.9 Å². The molecule has 0 aliphatic heterocycles. The number of H-pyrrole nitrogens is 1. The van der Waals surface area contributed by atoms with Gasteiger partial charge in [0.1, 0.15) is 12.0 Å². The first kappa shape index (κ1) is 13.9. The van der Waals surface area contributed by atoms with Crippen LogP contribution in [0.4, 0.5) is 0 Å². The summed E-state index contributed by atoms with van der Waals surface area (Å²) in [5, 5.41) is 12.8. The molecule has 2 aromatic heterocycles. The van der Waals surface area contributed by atoms with Crippen LogP contribution in [0.3, 0.4) is 0 Å². The molecule has 0 saturated carbocycles. The minimum absolute atomic E-state index is 0.150. The minimum atomic E-state index is -1.02. The van der Waals surface area contributed by atoms with E-state index in [1.54, 1.807) is 0 Å². The largest absolute Gasteiger partial charge is 0.477 e. The number of nitrogens with zero attached hydrogens (tertiary/aromatic N) is 1. The average Bonchev–Trinajstić information content (AvgIpc) is 3.15. The summed E-state index contributed by atoms with van der Waals surface area (Å²) in [5.41, 5.74) is 1.77. The number of rotatable bonds is 5. The Hall–Kier alpha value is -3.09. The maximum Gasteiger partial charge on any atom is 0.352 e. The Balaban J connectivity index is 1.77. The van der Waals surface area contributed by atoms with Gasteiger partial charge in [0.25, 0.3) is 5.91 Å². The molecule has 0 unspecified atom stereocenters. The van der Waals surface area contributed by atoms with Gasteiger partial charge in [-0.05, 0) is 18.1 Å². The van der Waals surface area contributed by atoms with Crippen molar-refractivity contribution in [2.75, 3.05) is 6.54 Å². The third-order valence-electron chi connectivity index (χ3n) is 3.35. The first-order valence-electron chi connectivity index (χ1n) is 6.66. The lowest BCUT2D eigenvalue weighted by molar-refractivity contribution is 0.0690. The monoisotopic (exact) mass is 299 g/mol. The van der Waals surface area contributed by atoms with E-state index in [1.165, 1.54) is 12.7 Å². The van der Waals surface area contributed by atoms with E-state index < -0.39 is 5.97 Å². The number of fused-ring (bicyclic) bond motifs is 1. The van der Waals surface area contributed by atoms with Gasteiger partial charge in [-0.15, -0.1) is 0 Å². The molecule has 7 nitrogen and oxygen atoms in total. The highest BCUT2D eigenvalue weighted by molar-refractivity contribution is 5.97. The van der Waals surface area contributed by atoms with E-state index in [9.17, 15) is 14.7 Å². The van der Waals surface area contributed by atoms with Crippen molar-refractivity contribution >= 4 is 22.8 Å². The molecule has 1 aromatic carbocycles. The van der Waals surface area contributed by atoms with Gasteiger partial charge in [0.15, 0.2) is 12.1 Å². The van der Waals surface area contributed by atoms with Gasteiger partial charge in [0.2, 0.25) is 0 Å². The van der Waals surface area contributed by atoms with Gasteiger partial charge in [-0.2, -0.15) is 0 Å². The molecule has 3 rings (SSSR count). The van der Waals surface area contributed by atoms with Crippen LogP contribution in [-0.2, 0) is 6.42 Å². The summed E-state index contributed by atoms with van der Waals surface area (Å²) < 4.78 is 4.74. The zero-order chi connectivity index (χ0) is 15.5. The van der Waals surface area contributed by atoms with Crippen molar-refractivity contribution in [1.82, 2.24) is 15.3 Å². The van der Waals surface area contributed by atoms with Crippen LogP contribution in [0, 0.1) is 0 Å². The number of aromatic carboxylic acids is 1. The number of carbonyl (C=O) groups excluding carboxylic acids is 1. The lowest BCUT2D eigenvalue weighted by atomic mass is 10.1. The normalized spacial score (nSPS) is 10.7. The molecule has 3 N–H and O–H groups in total. The Bertz CT molecular complexity index is 821. The van der Waals surface area contributed by atoms with Gasteiger partial charge in [-0.3, -0.25) is 4.79 Å². The summed E-state index contributed by atoms with van der Waals surface area (Å²) in [7, 11) is 0. The number of aromatic amines is 1. The molecule has 0 spiro atoms. The topological polar surface area (TPSA) is 108 Å². The van der Waals surface area contributed by atoms with E-state index in [0.29, 0.717) is 18.5 Å². The number of para-hydroxylation sites is 1. The molecule has 112 valence electrons. The Morgan fingerprint density at radius 3 is 2.86 bits per heavy atom. The average molecular weight is 299 g/mol. The molecular weight excluding hydrogens is 286 g/mol. The minimum Gasteiger partial charge on any atom is -0.477 e. The van der Waals surface area contributed by atoms with E-state index in [-0.39, 0.29) is 17.3 Å². The van der Waals surface area contributed by atoms with Crippen molar-refractivity contribution < 1.29 is 19.1 Å². The van der Waals surface area contributed by atoms with Gasteiger partial charge in [-0.25, -0.2) is 9.78 Å². The molecule has 0 atom stereocenters. The third kappa shape index (κ3) is 2.56. The smallest absolute Gasteiger partial charge is 0.352 e. The van der Waals surface area contributed by atoms with Crippen molar-refractivity contribution in [2.45, 2.75) is 6.42 Å². The SMILES string of the molecule is O=C(NCCc1c(C(=O)O)[nH]c2ccccc12)c1cocn1. The second-order valence-electron chi connectivity index (χ2n) is 4.71. The number of hydrogen-bond donors (Lipinski definition) is 3. The summed E-state index contributed by atoms with van der Waals surface area (Å²) in [6, 6.07) is 7.35. The summed E-state index contributed by atoms with van der Waals surface area (Å²) in [4.78, 5) is 29.7. The van der Waals surface area contributed by atoms with Crippen molar-refractivity contribution in [3.63, 3.8) is 0 Å². The summed E-state index contributed by atoms with van der Waals surface area (Å²) in [6.07, 6.45) is 2.83. The Kier molecular flexibility index (Phi) is 3.61. The van der Waals surface area contributed by atoms with Gasteiger partial charge in [0.05, 0.1) is 0 Å². The Labute approximate surface area is 125 Å². The lowest BCUT2D eigenvalue weighted by Crippen LogP contribution is -2.26. The van der Waals surface area contributed by atoms with Crippen molar-refractivity contribution in [3.05, 3.63) is 53.9 Å². The molecule has 0 bridgehead atoms. The summed E-state index contributed by atoms with van der Waals surface area (Å²) in [6.45, 7) is 0.299. The highest BCUT2D eigenvalue weighted by Crippen LogP contribution is 2.22. The Morgan fingerprint density at radius 2 is 2.14 bits per heavy atom. The number of carboxylic acids is 1. The van der Waals surface area contributed by atoms with Crippen LogP contribution < -0.4 is 5.32 Å². The van der Waals surface area contributed by atoms with Crippen molar-refractivity contribution in [1.29, 1.82) is 0 Å². The third-order valence-corrected chi connectivity index (χ3v) is 3.35. The zero-order valence-electron chi connectivity index (χ0n) is 11.5. The van der Waals surface area contributed by atoms with E-state index in [0.717, 1.165) is 10.9 Å². The summed E-state index contributed by atoms with van der Waals surface area (Å²) in [5.74, 6) is -1.38. The first-order chi connectivity index (χ1) is 10.7. The quantitative estimate of drug-likeness (QED) is 0.666. The zero-order valence-corrected chi connectivity index (χ0v) is 11.5. The Morgan fingerprint density at radius 1 is 1.32 bits per heavy atom. The predicted octanol–water partition coefficient (Wildman–Crippen LogP) is 1.83. The highest BCUT2D eigenvalue weighted by atomic mass is 16.4. The second-order valence-corrected chi connectivity index (χ2v) is 4.71. The van der Waals surface area contributed by atoms with Crippen LogP contribution in [0.15, 0.2) is 41.3 Å². The first-order valence-corrected chi connectivity index (χ1v) is 6.66. The lowest BCUT2D eigenvalue weighted by Gasteiger charge is -2.04. The molecule has 0 fully saturated rings. The predicted molar refractivity (Wildman–Crippen MR) is 77.8 cm³/mol. The molecule has 22 heavy (non-hydrogen) atoms. The van der Waals surface area contributed by atoms with Crippen molar-refractivity contribution in [2.24, 2.45) is 0 Å². The maximum atomic E-state index is 11.8. The molecule has 0 radical (unpaired) electrons. The van der Waals surface area contributed by atoms with E-state index in [4.69, 9.17) is 4.42 Å². The van der Waals surface area contributed by atoms with Gasteiger partial charge in [-0.1, -0.05) is 18.2 Å². The number of hydrogen-bond acceptors (Lipinski definition) is 4. The highest BCUT2D eigenvalue weighted by Gasteiger charge is 2.17. The van der Waals surface area contributed by atoms with E-state index >= 15 is 0 Å². The van der Waals surface area contributed by atoms with Gasteiger partial charge in [0, 0.05) is 17.4 Å². The van der Waals surface area contributed by atoms with Crippen LogP contribution >= 0.6 is 0 Å². The van der Waals surface area contributed by atoms with E-state index in [2.05, 4.69) is 15.3 Å². The summed E-state index contributed by atoms with van der Waals surface area (Å²) >= 11 is 0. The molecule has 3 aromatic rings. The van der Waals surface area contributed by atoms with E-state index in [1.807, 2.05) is 24.3 Å². The van der Waals surface area contributed by atoms with Crippen LogP contribution in [-0.4, -0.2) is 33.5 Å². The van der Waals surface area contributed by atoms with Crippen molar-refractivity contribution in [3.8, 4) is 0 Å². The van der Waals surface area contributed by atoms with Gasteiger partial charge >= 0.3 is 5.97 Å². The van der Waals surface area contributed by atoms with Gasteiger partial charge < -0.3 is 19.8 Å². The second kappa shape index (κ2) is 5.72.